The molecule has 0 saturated carbocycles. The first-order valence-electron chi connectivity index (χ1n) is 6.13. The number of carbonyl (C=O) groups excluding carboxylic acids is 1. The van der Waals surface area contributed by atoms with Crippen LogP contribution in [0.25, 0.3) is 0 Å². The second kappa shape index (κ2) is 6.92. The van der Waals surface area contributed by atoms with Crippen molar-refractivity contribution >= 4 is 34.5 Å². The van der Waals surface area contributed by atoms with Crippen LogP contribution in [0.4, 0.5) is 0 Å². The molecule has 6 heteroatoms. The highest BCUT2D eigenvalue weighted by atomic mass is 127. The van der Waals surface area contributed by atoms with Gasteiger partial charge in [0, 0.05) is 10.1 Å². The minimum Gasteiger partial charge on any atom is -0.497 e. The molecule has 20 heavy (non-hydrogen) atoms. The number of nitrogens with one attached hydrogen (secondary N) is 1. The van der Waals surface area contributed by atoms with Crippen LogP contribution in [0.3, 0.4) is 0 Å². The molecular formula is C14H18INO4. The number of amides is 1. The van der Waals surface area contributed by atoms with Gasteiger partial charge in [-0.15, -0.1) is 0 Å². The van der Waals surface area contributed by atoms with Crippen molar-refractivity contribution in [3.8, 4) is 5.75 Å². The lowest BCUT2D eigenvalue weighted by Gasteiger charge is -2.19. The molecule has 0 fully saturated rings. The fourth-order valence-electron chi connectivity index (χ4n) is 1.50. The molecule has 0 unspecified atom stereocenters. The molecule has 0 radical (unpaired) electrons. The predicted molar refractivity (Wildman–Crippen MR) is 84.1 cm³/mol. The van der Waals surface area contributed by atoms with Crippen LogP contribution >= 0.6 is 22.6 Å². The van der Waals surface area contributed by atoms with E-state index in [0.717, 1.165) is 3.57 Å². The Hall–Kier alpha value is -1.31. The van der Waals surface area contributed by atoms with Crippen LogP contribution in [0, 0.1) is 8.99 Å². The Morgan fingerprint density at radius 1 is 1.40 bits per heavy atom. The number of carboxylic acids is 1. The van der Waals surface area contributed by atoms with Gasteiger partial charge in [0.1, 0.15) is 5.75 Å². The van der Waals surface area contributed by atoms with E-state index < -0.39 is 11.4 Å². The van der Waals surface area contributed by atoms with E-state index >= 15 is 0 Å². The highest BCUT2D eigenvalue weighted by Crippen LogP contribution is 2.21. The van der Waals surface area contributed by atoms with Crippen molar-refractivity contribution in [2.24, 2.45) is 5.41 Å². The number of carbonyl (C=O) groups is 2. The Labute approximate surface area is 131 Å². The molecule has 0 spiro atoms. The van der Waals surface area contributed by atoms with E-state index in [9.17, 15) is 9.59 Å². The van der Waals surface area contributed by atoms with Gasteiger partial charge in [0.25, 0.3) is 5.91 Å². The molecule has 0 aliphatic carbocycles. The first-order valence-corrected chi connectivity index (χ1v) is 7.21. The number of ether oxygens (including phenoxy) is 1. The number of hydrogen-bond acceptors (Lipinski definition) is 3. The van der Waals surface area contributed by atoms with Gasteiger partial charge in [-0.25, -0.2) is 0 Å². The highest BCUT2D eigenvalue weighted by molar-refractivity contribution is 14.1. The van der Waals surface area contributed by atoms with Crippen LogP contribution in [0.5, 0.6) is 5.75 Å². The standard InChI is InChI=1S/C14H18INO4/c1-14(2,13(18)19)6-7-16-12(17)10-5-4-9(20-3)8-11(10)15/h4-5,8H,6-7H2,1-3H3,(H,16,17)(H,18,19). The molecule has 5 nitrogen and oxygen atoms in total. The van der Waals surface area contributed by atoms with Crippen molar-refractivity contribution in [1.29, 1.82) is 0 Å². The summed E-state index contributed by atoms with van der Waals surface area (Å²) in [7, 11) is 1.57. The Morgan fingerprint density at radius 3 is 2.55 bits per heavy atom. The Balaban J connectivity index is 2.62. The number of hydrogen-bond donors (Lipinski definition) is 2. The summed E-state index contributed by atoms with van der Waals surface area (Å²) in [6, 6.07) is 5.19. The molecule has 0 aromatic heterocycles. The SMILES string of the molecule is COc1ccc(C(=O)NCCC(C)(C)C(=O)O)c(I)c1. The van der Waals surface area contributed by atoms with Gasteiger partial charge < -0.3 is 15.2 Å². The lowest BCUT2D eigenvalue weighted by molar-refractivity contribution is -0.147. The van der Waals surface area contributed by atoms with Gasteiger partial charge in [-0.2, -0.15) is 0 Å². The zero-order valence-corrected chi connectivity index (χ0v) is 13.9. The number of halogens is 1. The van der Waals surface area contributed by atoms with E-state index in [1.54, 1.807) is 39.2 Å². The fraction of sp³-hybridized carbons (Fsp3) is 0.429. The van der Waals surface area contributed by atoms with Crippen molar-refractivity contribution in [3.05, 3.63) is 27.3 Å². The number of aliphatic carboxylic acids is 1. The Bertz CT molecular complexity index is 514. The summed E-state index contributed by atoms with van der Waals surface area (Å²) in [5.41, 5.74) is -0.292. The molecule has 1 rings (SSSR count). The van der Waals surface area contributed by atoms with Crippen molar-refractivity contribution in [2.75, 3.05) is 13.7 Å². The largest absolute Gasteiger partial charge is 0.497 e. The fourth-order valence-corrected chi connectivity index (χ4v) is 2.23. The molecule has 0 aliphatic rings. The monoisotopic (exact) mass is 391 g/mol. The molecule has 0 bridgehead atoms. The Morgan fingerprint density at radius 2 is 2.05 bits per heavy atom. The Kier molecular flexibility index (Phi) is 5.79. The molecule has 1 amide bonds. The van der Waals surface area contributed by atoms with Gasteiger partial charge in [-0.3, -0.25) is 9.59 Å². The van der Waals surface area contributed by atoms with Crippen LogP contribution in [0.2, 0.25) is 0 Å². The second-order valence-electron chi connectivity index (χ2n) is 5.04. The molecule has 1 aromatic carbocycles. The lowest BCUT2D eigenvalue weighted by atomic mass is 9.90. The summed E-state index contributed by atoms with van der Waals surface area (Å²) in [5.74, 6) is -0.387. The average molecular weight is 391 g/mol. The maximum absolute atomic E-state index is 12.0. The third kappa shape index (κ3) is 4.36. The third-order valence-electron chi connectivity index (χ3n) is 3.04. The molecule has 1 aromatic rings. The van der Waals surface area contributed by atoms with Crippen molar-refractivity contribution in [1.82, 2.24) is 5.32 Å². The van der Waals surface area contributed by atoms with Crippen LogP contribution in [0.1, 0.15) is 30.6 Å². The lowest BCUT2D eigenvalue weighted by Crippen LogP contribution is -2.32. The summed E-state index contributed by atoms with van der Waals surface area (Å²) in [4.78, 5) is 23.0. The molecule has 2 N–H and O–H groups in total. The topological polar surface area (TPSA) is 75.6 Å². The van der Waals surface area contributed by atoms with E-state index in [-0.39, 0.29) is 5.91 Å². The number of rotatable bonds is 6. The molecular weight excluding hydrogens is 373 g/mol. The van der Waals surface area contributed by atoms with E-state index in [4.69, 9.17) is 9.84 Å². The maximum Gasteiger partial charge on any atom is 0.309 e. The summed E-state index contributed by atoms with van der Waals surface area (Å²) in [6.07, 6.45) is 0.376. The number of carboxylic acid groups (broad SMARTS) is 1. The molecule has 0 aliphatic heterocycles. The van der Waals surface area contributed by atoms with Gasteiger partial charge in [-0.1, -0.05) is 0 Å². The van der Waals surface area contributed by atoms with E-state index in [1.165, 1.54) is 0 Å². The average Bonchev–Trinajstić information content (AvgIpc) is 2.37. The van der Waals surface area contributed by atoms with Gasteiger partial charge >= 0.3 is 5.97 Å². The molecule has 0 saturated heterocycles. The van der Waals surface area contributed by atoms with Gasteiger partial charge in [0.15, 0.2) is 0 Å². The summed E-state index contributed by atoms with van der Waals surface area (Å²) >= 11 is 2.07. The zero-order valence-electron chi connectivity index (χ0n) is 11.7. The number of methoxy groups -OCH3 is 1. The van der Waals surface area contributed by atoms with Crippen molar-refractivity contribution in [2.45, 2.75) is 20.3 Å². The van der Waals surface area contributed by atoms with E-state index in [0.29, 0.717) is 24.3 Å². The van der Waals surface area contributed by atoms with Gasteiger partial charge in [-0.05, 0) is 61.1 Å². The van der Waals surface area contributed by atoms with E-state index in [2.05, 4.69) is 27.9 Å². The molecule has 110 valence electrons. The zero-order chi connectivity index (χ0) is 15.3. The quantitative estimate of drug-likeness (QED) is 0.731. The highest BCUT2D eigenvalue weighted by Gasteiger charge is 2.26. The third-order valence-corrected chi connectivity index (χ3v) is 3.93. The van der Waals surface area contributed by atoms with Crippen LogP contribution in [-0.2, 0) is 4.79 Å². The van der Waals surface area contributed by atoms with Crippen molar-refractivity contribution in [3.63, 3.8) is 0 Å². The summed E-state index contributed by atoms with van der Waals surface area (Å²) in [5, 5.41) is 11.7. The van der Waals surface area contributed by atoms with Gasteiger partial charge in [0.2, 0.25) is 0 Å². The number of benzene rings is 1. The minimum atomic E-state index is -0.870. The van der Waals surface area contributed by atoms with Gasteiger partial charge in [0.05, 0.1) is 18.1 Å². The first-order chi connectivity index (χ1) is 9.27. The normalized spacial score (nSPS) is 11.0. The molecule has 0 heterocycles. The van der Waals surface area contributed by atoms with Crippen LogP contribution in [0.15, 0.2) is 18.2 Å². The smallest absolute Gasteiger partial charge is 0.309 e. The molecule has 0 atom stereocenters. The van der Waals surface area contributed by atoms with E-state index in [1.807, 2.05) is 0 Å². The predicted octanol–water partition coefficient (Wildman–Crippen LogP) is 2.53. The van der Waals surface area contributed by atoms with Crippen LogP contribution in [-0.4, -0.2) is 30.6 Å². The summed E-state index contributed by atoms with van der Waals surface area (Å²) in [6.45, 7) is 3.59. The van der Waals surface area contributed by atoms with Crippen LogP contribution < -0.4 is 10.1 Å². The second-order valence-corrected chi connectivity index (χ2v) is 6.20. The maximum atomic E-state index is 12.0. The van der Waals surface area contributed by atoms with Crippen molar-refractivity contribution < 1.29 is 19.4 Å². The summed E-state index contributed by atoms with van der Waals surface area (Å²) < 4.78 is 5.87. The first kappa shape index (κ1) is 16.7. The minimum absolute atomic E-state index is 0.210.